The summed E-state index contributed by atoms with van der Waals surface area (Å²) in [7, 11) is 0. The van der Waals surface area contributed by atoms with Crippen molar-refractivity contribution in [2.75, 3.05) is 0 Å². The van der Waals surface area contributed by atoms with Crippen LogP contribution in [0.25, 0.3) is 0 Å². The number of allylic oxidation sites excluding steroid dienone is 2. The third kappa shape index (κ3) is 1.63. The highest BCUT2D eigenvalue weighted by molar-refractivity contribution is 5.74. The molecule has 1 heteroatoms. The van der Waals surface area contributed by atoms with Crippen LogP contribution in [0.5, 0.6) is 0 Å². The molecule has 0 aromatic heterocycles. The van der Waals surface area contributed by atoms with Crippen LogP contribution in [0.4, 0.5) is 0 Å². The fraction of sp³-hybridized carbons (Fsp3) is 0.308. The molecule has 1 aromatic rings. The molecule has 1 unspecified atom stereocenters. The molecule has 1 atom stereocenters. The number of hydrogen-bond donors (Lipinski definition) is 0. The lowest BCUT2D eigenvalue weighted by molar-refractivity contribution is 0.112. The molecule has 72 valence electrons. The molecule has 0 heterocycles. The number of carbonyl (C=O) groups is 1. The van der Waals surface area contributed by atoms with Crippen molar-refractivity contribution in [3.8, 4) is 0 Å². The molecule has 1 saturated carbocycles. The summed E-state index contributed by atoms with van der Waals surface area (Å²) in [5.41, 5.74) is 5.10. The van der Waals surface area contributed by atoms with Crippen LogP contribution in [0.15, 0.2) is 35.4 Å². The number of benzene rings is 1. The van der Waals surface area contributed by atoms with Gasteiger partial charge in [0.25, 0.3) is 0 Å². The van der Waals surface area contributed by atoms with Gasteiger partial charge < -0.3 is 0 Å². The Balaban J connectivity index is 2.20. The zero-order valence-electron chi connectivity index (χ0n) is 8.58. The van der Waals surface area contributed by atoms with Crippen LogP contribution in [0.2, 0.25) is 0 Å². The topological polar surface area (TPSA) is 17.1 Å². The zero-order valence-corrected chi connectivity index (χ0v) is 8.58. The van der Waals surface area contributed by atoms with E-state index in [4.69, 9.17) is 0 Å². The molecule has 1 aliphatic rings. The van der Waals surface area contributed by atoms with Gasteiger partial charge in [0.2, 0.25) is 0 Å². The van der Waals surface area contributed by atoms with E-state index in [1.807, 2.05) is 12.1 Å². The number of hydrogen-bond acceptors (Lipinski definition) is 1. The molecule has 0 amide bonds. The van der Waals surface area contributed by atoms with Crippen molar-refractivity contribution in [2.24, 2.45) is 0 Å². The van der Waals surface area contributed by atoms with Crippen LogP contribution in [0, 0.1) is 0 Å². The van der Waals surface area contributed by atoms with E-state index in [0.29, 0.717) is 5.92 Å². The SMILES string of the molecule is CC(C)=C1CC1c1ccc(C=O)cc1. The van der Waals surface area contributed by atoms with E-state index >= 15 is 0 Å². The summed E-state index contributed by atoms with van der Waals surface area (Å²) in [5.74, 6) is 0.626. The first-order valence-corrected chi connectivity index (χ1v) is 4.93. The summed E-state index contributed by atoms with van der Waals surface area (Å²) in [6.07, 6.45) is 2.08. The fourth-order valence-electron chi connectivity index (χ4n) is 1.84. The number of aldehydes is 1. The molecular weight excluding hydrogens is 172 g/mol. The summed E-state index contributed by atoms with van der Waals surface area (Å²) in [4.78, 5) is 10.5. The third-order valence-electron chi connectivity index (χ3n) is 2.80. The van der Waals surface area contributed by atoms with Crippen LogP contribution in [-0.4, -0.2) is 6.29 Å². The predicted octanol–water partition coefficient (Wildman–Crippen LogP) is 3.32. The highest BCUT2D eigenvalue weighted by Gasteiger charge is 2.31. The molecule has 14 heavy (non-hydrogen) atoms. The van der Waals surface area contributed by atoms with Crippen LogP contribution in [0.1, 0.15) is 42.1 Å². The van der Waals surface area contributed by atoms with Crippen molar-refractivity contribution in [1.82, 2.24) is 0 Å². The Morgan fingerprint density at radius 2 is 1.93 bits per heavy atom. The lowest BCUT2D eigenvalue weighted by atomic mass is 10.1. The fourth-order valence-corrected chi connectivity index (χ4v) is 1.84. The van der Waals surface area contributed by atoms with E-state index < -0.39 is 0 Å². The Hall–Kier alpha value is -1.37. The van der Waals surface area contributed by atoms with Crippen molar-refractivity contribution in [3.05, 3.63) is 46.5 Å². The molecule has 0 aliphatic heterocycles. The second-order valence-corrected chi connectivity index (χ2v) is 4.07. The first-order valence-electron chi connectivity index (χ1n) is 4.93. The highest BCUT2D eigenvalue weighted by atomic mass is 16.1. The molecule has 0 bridgehead atoms. The first-order chi connectivity index (χ1) is 6.72. The summed E-state index contributed by atoms with van der Waals surface area (Å²) >= 11 is 0. The van der Waals surface area contributed by atoms with Crippen LogP contribution < -0.4 is 0 Å². The maximum atomic E-state index is 10.5. The molecule has 0 radical (unpaired) electrons. The molecule has 0 N–H and O–H groups in total. The van der Waals surface area contributed by atoms with E-state index in [2.05, 4.69) is 26.0 Å². The average Bonchev–Trinajstić information content (AvgIpc) is 2.97. The quantitative estimate of drug-likeness (QED) is 0.511. The molecule has 1 nitrogen and oxygen atoms in total. The van der Waals surface area contributed by atoms with E-state index in [9.17, 15) is 4.79 Å². The largest absolute Gasteiger partial charge is 0.298 e. The minimum Gasteiger partial charge on any atom is -0.298 e. The van der Waals surface area contributed by atoms with Crippen LogP contribution in [-0.2, 0) is 0 Å². The molecule has 1 aliphatic carbocycles. The van der Waals surface area contributed by atoms with Gasteiger partial charge in [-0.3, -0.25) is 4.79 Å². The minimum atomic E-state index is 0.626. The zero-order chi connectivity index (χ0) is 10.1. The Morgan fingerprint density at radius 3 is 2.36 bits per heavy atom. The highest BCUT2D eigenvalue weighted by Crippen LogP contribution is 2.48. The molecule has 2 rings (SSSR count). The van der Waals surface area contributed by atoms with Gasteiger partial charge in [-0.25, -0.2) is 0 Å². The van der Waals surface area contributed by atoms with Crippen molar-refractivity contribution in [3.63, 3.8) is 0 Å². The van der Waals surface area contributed by atoms with Gasteiger partial charge in [0.1, 0.15) is 6.29 Å². The van der Waals surface area contributed by atoms with Crippen molar-refractivity contribution in [1.29, 1.82) is 0 Å². The average molecular weight is 186 g/mol. The number of rotatable bonds is 2. The normalized spacial score (nSPS) is 19.3. The second-order valence-electron chi connectivity index (χ2n) is 4.07. The molecular formula is C13H14O. The van der Waals surface area contributed by atoms with E-state index in [-0.39, 0.29) is 0 Å². The van der Waals surface area contributed by atoms with Gasteiger partial charge in [0.15, 0.2) is 0 Å². The Morgan fingerprint density at radius 1 is 1.29 bits per heavy atom. The third-order valence-corrected chi connectivity index (χ3v) is 2.80. The second kappa shape index (κ2) is 3.41. The Labute approximate surface area is 84.5 Å². The monoisotopic (exact) mass is 186 g/mol. The minimum absolute atomic E-state index is 0.626. The van der Waals surface area contributed by atoms with Gasteiger partial charge in [-0.05, 0) is 25.8 Å². The van der Waals surface area contributed by atoms with Crippen molar-refractivity contribution in [2.45, 2.75) is 26.2 Å². The lowest BCUT2D eigenvalue weighted by Crippen LogP contribution is -1.82. The molecule has 0 saturated heterocycles. The predicted molar refractivity (Wildman–Crippen MR) is 57.6 cm³/mol. The van der Waals surface area contributed by atoms with Gasteiger partial charge in [0, 0.05) is 11.5 Å². The van der Waals surface area contributed by atoms with E-state index in [1.54, 1.807) is 5.57 Å². The van der Waals surface area contributed by atoms with Gasteiger partial charge >= 0.3 is 0 Å². The maximum absolute atomic E-state index is 10.5. The van der Waals surface area contributed by atoms with Crippen LogP contribution >= 0.6 is 0 Å². The van der Waals surface area contributed by atoms with Crippen molar-refractivity contribution < 1.29 is 4.79 Å². The number of carbonyl (C=O) groups excluding carboxylic acids is 1. The lowest BCUT2D eigenvalue weighted by Gasteiger charge is -1.97. The Bertz CT molecular complexity index is 380. The Kier molecular flexibility index (Phi) is 2.24. The van der Waals surface area contributed by atoms with Gasteiger partial charge in [-0.2, -0.15) is 0 Å². The van der Waals surface area contributed by atoms with Crippen molar-refractivity contribution >= 4 is 6.29 Å². The molecule has 0 spiro atoms. The molecule has 1 aromatic carbocycles. The van der Waals surface area contributed by atoms with E-state index in [0.717, 1.165) is 11.8 Å². The summed E-state index contributed by atoms with van der Waals surface area (Å²) in [6, 6.07) is 7.90. The van der Waals surface area contributed by atoms with Crippen LogP contribution in [0.3, 0.4) is 0 Å². The van der Waals surface area contributed by atoms with Gasteiger partial charge in [-0.1, -0.05) is 35.4 Å². The summed E-state index contributed by atoms with van der Waals surface area (Å²) < 4.78 is 0. The smallest absolute Gasteiger partial charge is 0.150 e. The van der Waals surface area contributed by atoms with Gasteiger partial charge in [-0.15, -0.1) is 0 Å². The van der Waals surface area contributed by atoms with Gasteiger partial charge in [0.05, 0.1) is 0 Å². The summed E-state index contributed by atoms with van der Waals surface area (Å²) in [5, 5.41) is 0. The van der Waals surface area contributed by atoms with E-state index in [1.165, 1.54) is 17.6 Å². The first kappa shape index (κ1) is 9.20. The molecule has 1 fully saturated rings. The standard InChI is InChI=1S/C13H14O/c1-9(2)12-7-13(12)11-5-3-10(8-14)4-6-11/h3-6,8,13H,7H2,1-2H3. The maximum Gasteiger partial charge on any atom is 0.150 e. The summed E-state index contributed by atoms with van der Waals surface area (Å²) in [6.45, 7) is 4.32.